The molecule has 15 heavy (non-hydrogen) atoms. The van der Waals surface area contributed by atoms with Crippen molar-refractivity contribution in [3.63, 3.8) is 0 Å². The van der Waals surface area contributed by atoms with E-state index in [4.69, 9.17) is 10.2 Å². The summed E-state index contributed by atoms with van der Waals surface area (Å²) in [6.45, 7) is 3.24. The molecule has 0 aliphatic heterocycles. The predicted molar refractivity (Wildman–Crippen MR) is 57.2 cm³/mol. The van der Waals surface area contributed by atoms with Gasteiger partial charge in [-0.25, -0.2) is 0 Å². The Morgan fingerprint density at radius 1 is 1.40 bits per heavy atom. The fourth-order valence-electron chi connectivity index (χ4n) is 2.05. The van der Waals surface area contributed by atoms with Crippen molar-refractivity contribution in [2.75, 3.05) is 13.2 Å². The number of hydrogen-bond acceptors (Lipinski definition) is 3. The van der Waals surface area contributed by atoms with Crippen molar-refractivity contribution in [3.05, 3.63) is 0 Å². The van der Waals surface area contributed by atoms with Crippen molar-refractivity contribution in [2.24, 2.45) is 11.8 Å². The van der Waals surface area contributed by atoms with Crippen LogP contribution in [-0.2, 0) is 4.79 Å². The van der Waals surface area contributed by atoms with E-state index in [1.54, 1.807) is 6.92 Å². The molecule has 0 aromatic heterocycles. The van der Waals surface area contributed by atoms with Gasteiger partial charge in [0.1, 0.15) is 0 Å². The lowest BCUT2D eigenvalue weighted by Gasteiger charge is -2.28. The maximum atomic E-state index is 11.9. The van der Waals surface area contributed by atoms with E-state index in [2.05, 4.69) is 12.2 Å². The van der Waals surface area contributed by atoms with Crippen molar-refractivity contribution in [1.82, 2.24) is 5.32 Å². The molecule has 1 rings (SSSR count). The molecule has 1 aliphatic rings. The monoisotopic (exact) mass is 215 g/mol. The standard InChI is InChI=1S/C11H21NO3/c1-8-4-3-5-9(8)10(15)12-11(2,6-13)7-14/h8-9,13-14H,3-7H2,1-2H3,(H,12,15). The molecule has 3 N–H and O–H groups in total. The Morgan fingerprint density at radius 2 is 2.00 bits per heavy atom. The number of nitrogens with one attached hydrogen (secondary N) is 1. The average molecular weight is 215 g/mol. The van der Waals surface area contributed by atoms with Crippen molar-refractivity contribution in [2.45, 2.75) is 38.6 Å². The Balaban J connectivity index is 2.54. The molecule has 0 saturated heterocycles. The van der Waals surface area contributed by atoms with Crippen LogP contribution in [0.25, 0.3) is 0 Å². The van der Waals surface area contributed by atoms with E-state index in [0.29, 0.717) is 5.92 Å². The van der Waals surface area contributed by atoms with Gasteiger partial charge in [-0.3, -0.25) is 4.79 Å². The maximum absolute atomic E-state index is 11.9. The van der Waals surface area contributed by atoms with Crippen LogP contribution in [-0.4, -0.2) is 34.9 Å². The molecule has 0 bridgehead atoms. The molecule has 0 aromatic rings. The lowest BCUT2D eigenvalue weighted by molar-refractivity contribution is -0.128. The lowest BCUT2D eigenvalue weighted by atomic mass is 9.95. The van der Waals surface area contributed by atoms with E-state index in [0.717, 1.165) is 19.3 Å². The first kappa shape index (κ1) is 12.5. The predicted octanol–water partition coefficient (Wildman–Crippen LogP) is 0.282. The Bertz CT molecular complexity index is 226. The summed E-state index contributed by atoms with van der Waals surface area (Å²) in [6.07, 6.45) is 3.10. The SMILES string of the molecule is CC1CCCC1C(=O)NC(C)(CO)CO. The minimum atomic E-state index is -0.889. The summed E-state index contributed by atoms with van der Waals surface area (Å²) in [7, 11) is 0. The van der Waals surface area contributed by atoms with Crippen LogP contribution in [0.4, 0.5) is 0 Å². The second kappa shape index (κ2) is 4.94. The molecule has 1 fully saturated rings. The summed E-state index contributed by atoms with van der Waals surface area (Å²) in [5.74, 6) is 0.416. The second-order valence-electron chi connectivity index (χ2n) is 4.88. The van der Waals surface area contributed by atoms with Crippen LogP contribution in [0.3, 0.4) is 0 Å². The smallest absolute Gasteiger partial charge is 0.223 e. The highest BCUT2D eigenvalue weighted by Gasteiger charge is 2.33. The average Bonchev–Trinajstić information content (AvgIpc) is 2.64. The number of carbonyl (C=O) groups excluding carboxylic acids is 1. The van der Waals surface area contributed by atoms with Crippen LogP contribution in [0.15, 0.2) is 0 Å². The highest BCUT2D eigenvalue weighted by atomic mass is 16.3. The van der Waals surface area contributed by atoms with Gasteiger partial charge in [0, 0.05) is 5.92 Å². The number of aliphatic hydroxyl groups excluding tert-OH is 2. The van der Waals surface area contributed by atoms with Gasteiger partial charge in [0.05, 0.1) is 18.8 Å². The molecule has 0 spiro atoms. The van der Waals surface area contributed by atoms with Gasteiger partial charge in [0.15, 0.2) is 0 Å². The molecule has 0 aromatic carbocycles. The van der Waals surface area contributed by atoms with Crippen LogP contribution in [0.1, 0.15) is 33.1 Å². The molecule has 1 aliphatic carbocycles. The number of aliphatic hydroxyl groups is 2. The molecular formula is C11H21NO3. The molecule has 2 unspecified atom stereocenters. The van der Waals surface area contributed by atoms with Crippen molar-refractivity contribution < 1.29 is 15.0 Å². The first-order chi connectivity index (χ1) is 7.02. The van der Waals surface area contributed by atoms with Crippen LogP contribution in [0.5, 0.6) is 0 Å². The zero-order valence-corrected chi connectivity index (χ0v) is 9.49. The molecule has 1 saturated carbocycles. The minimum Gasteiger partial charge on any atom is -0.394 e. The summed E-state index contributed by atoms with van der Waals surface area (Å²) >= 11 is 0. The Kier molecular flexibility index (Phi) is 4.11. The molecule has 0 radical (unpaired) electrons. The van der Waals surface area contributed by atoms with E-state index in [9.17, 15) is 4.79 Å². The van der Waals surface area contributed by atoms with Crippen LogP contribution >= 0.6 is 0 Å². The summed E-state index contributed by atoms with van der Waals surface area (Å²) in [5, 5.41) is 20.9. The molecular weight excluding hydrogens is 194 g/mol. The fourth-order valence-corrected chi connectivity index (χ4v) is 2.05. The summed E-state index contributed by atoms with van der Waals surface area (Å²) < 4.78 is 0. The summed E-state index contributed by atoms with van der Waals surface area (Å²) in [5.41, 5.74) is -0.889. The van der Waals surface area contributed by atoms with Gasteiger partial charge in [-0.05, 0) is 25.7 Å². The Morgan fingerprint density at radius 3 is 2.40 bits per heavy atom. The molecule has 2 atom stereocenters. The van der Waals surface area contributed by atoms with E-state index in [1.807, 2.05) is 0 Å². The normalized spacial score (nSPS) is 26.7. The van der Waals surface area contributed by atoms with Gasteiger partial charge < -0.3 is 15.5 Å². The van der Waals surface area contributed by atoms with Crippen LogP contribution < -0.4 is 5.32 Å². The Hall–Kier alpha value is -0.610. The third-order valence-electron chi connectivity index (χ3n) is 3.32. The first-order valence-electron chi connectivity index (χ1n) is 5.56. The van der Waals surface area contributed by atoms with Crippen molar-refractivity contribution in [3.8, 4) is 0 Å². The highest BCUT2D eigenvalue weighted by molar-refractivity contribution is 5.80. The second-order valence-corrected chi connectivity index (χ2v) is 4.88. The topological polar surface area (TPSA) is 69.6 Å². The van der Waals surface area contributed by atoms with Gasteiger partial charge in [0.25, 0.3) is 0 Å². The van der Waals surface area contributed by atoms with Gasteiger partial charge >= 0.3 is 0 Å². The Labute approximate surface area is 90.7 Å². The van der Waals surface area contributed by atoms with E-state index >= 15 is 0 Å². The molecule has 1 amide bonds. The van der Waals surface area contributed by atoms with Crippen molar-refractivity contribution >= 4 is 5.91 Å². The zero-order chi connectivity index (χ0) is 11.5. The molecule has 4 heteroatoms. The quantitative estimate of drug-likeness (QED) is 0.631. The maximum Gasteiger partial charge on any atom is 0.223 e. The summed E-state index contributed by atoms with van der Waals surface area (Å²) in [6, 6.07) is 0. The van der Waals surface area contributed by atoms with Crippen molar-refractivity contribution in [1.29, 1.82) is 0 Å². The summed E-state index contributed by atoms with van der Waals surface area (Å²) in [4.78, 5) is 11.9. The fraction of sp³-hybridized carbons (Fsp3) is 0.909. The largest absolute Gasteiger partial charge is 0.394 e. The first-order valence-corrected chi connectivity index (χ1v) is 5.56. The number of hydrogen-bond donors (Lipinski definition) is 3. The van der Waals surface area contributed by atoms with Crippen LogP contribution in [0, 0.1) is 11.8 Å². The third-order valence-corrected chi connectivity index (χ3v) is 3.32. The number of rotatable bonds is 4. The van der Waals surface area contributed by atoms with Gasteiger partial charge in [-0.2, -0.15) is 0 Å². The van der Waals surface area contributed by atoms with E-state index in [1.165, 1.54) is 0 Å². The molecule has 0 heterocycles. The molecule has 4 nitrogen and oxygen atoms in total. The van der Waals surface area contributed by atoms with E-state index in [-0.39, 0.29) is 25.0 Å². The molecule has 88 valence electrons. The van der Waals surface area contributed by atoms with Gasteiger partial charge in [-0.1, -0.05) is 13.3 Å². The van der Waals surface area contributed by atoms with Gasteiger partial charge in [0.2, 0.25) is 5.91 Å². The lowest BCUT2D eigenvalue weighted by Crippen LogP contribution is -2.53. The van der Waals surface area contributed by atoms with E-state index < -0.39 is 5.54 Å². The number of carbonyl (C=O) groups is 1. The third kappa shape index (κ3) is 2.92. The zero-order valence-electron chi connectivity index (χ0n) is 9.49. The van der Waals surface area contributed by atoms with Crippen LogP contribution in [0.2, 0.25) is 0 Å². The minimum absolute atomic E-state index is 0.0365. The highest BCUT2D eigenvalue weighted by Crippen LogP contribution is 2.31. The van der Waals surface area contributed by atoms with Gasteiger partial charge in [-0.15, -0.1) is 0 Å². The number of amides is 1.